The molecule has 2 aliphatic rings. The Morgan fingerprint density at radius 1 is 1.57 bits per heavy atom. The SMILES string of the molecule is Cc1ccc(F)c2c1C1(CN2)CC1N. The molecular formula is C11H13FN2. The van der Waals surface area contributed by atoms with Gasteiger partial charge in [-0.3, -0.25) is 0 Å². The summed E-state index contributed by atoms with van der Waals surface area (Å²) < 4.78 is 13.5. The zero-order valence-electron chi connectivity index (χ0n) is 8.10. The first kappa shape index (κ1) is 8.24. The summed E-state index contributed by atoms with van der Waals surface area (Å²) in [5, 5.41) is 3.14. The molecule has 3 heteroatoms. The minimum atomic E-state index is -0.151. The number of benzene rings is 1. The first-order valence-electron chi connectivity index (χ1n) is 4.94. The van der Waals surface area contributed by atoms with Crippen molar-refractivity contribution in [3.63, 3.8) is 0 Å². The van der Waals surface area contributed by atoms with Gasteiger partial charge >= 0.3 is 0 Å². The van der Waals surface area contributed by atoms with E-state index in [1.54, 1.807) is 0 Å². The molecule has 1 heterocycles. The van der Waals surface area contributed by atoms with Crippen molar-refractivity contribution < 1.29 is 4.39 Å². The predicted molar refractivity (Wildman–Crippen MR) is 53.9 cm³/mol. The Kier molecular flexibility index (Phi) is 1.34. The fraction of sp³-hybridized carbons (Fsp3) is 0.455. The van der Waals surface area contributed by atoms with Crippen LogP contribution in [0.1, 0.15) is 17.5 Å². The number of rotatable bonds is 0. The van der Waals surface area contributed by atoms with E-state index in [0.717, 1.165) is 24.1 Å². The van der Waals surface area contributed by atoms with Gasteiger partial charge in [0.2, 0.25) is 0 Å². The number of aryl methyl sites for hydroxylation is 1. The van der Waals surface area contributed by atoms with Crippen LogP contribution >= 0.6 is 0 Å². The molecular weight excluding hydrogens is 179 g/mol. The van der Waals surface area contributed by atoms with Gasteiger partial charge in [0.05, 0.1) is 5.69 Å². The highest BCUT2D eigenvalue weighted by atomic mass is 19.1. The number of anilines is 1. The average Bonchev–Trinajstić information content (AvgIpc) is 2.60. The smallest absolute Gasteiger partial charge is 0.146 e. The van der Waals surface area contributed by atoms with E-state index < -0.39 is 0 Å². The Balaban J connectivity index is 2.24. The van der Waals surface area contributed by atoms with Crippen LogP contribution in [-0.4, -0.2) is 12.6 Å². The monoisotopic (exact) mass is 192 g/mol. The Labute approximate surface area is 82.3 Å². The molecule has 0 amide bonds. The van der Waals surface area contributed by atoms with Crippen LogP contribution in [0.15, 0.2) is 12.1 Å². The molecule has 1 aromatic carbocycles. The summed E-state index contributed by atoms with van der Waals surface area (Å²) in [6.45, 7) is 2.82. The molecule has 1 spiro atoms. The average molecular weight is 192 g/mol. The van der Waals surface area contributed by atoms with E-state index in [1.165, 1.54) is 6.07 Å². The van der Waals surface area contributed by atoms with E-state index in [4.69, 9.17) is 5.73 Å². The molecule has 1 aromatic rings. The van der Waals surface area contributed by atoms with E-state index >= 15 is 0 Å². The van der Waals surface area contributed by atoms with Crippen molar-refractivity contribution in [1.82, 2.24) is 0 Å². The van der Waals surface area contributed by atoms with Gasteiger partial charge in [0.1, 0.15) is 5.82 Å². The molecule has 0 aromatic heterocycles. The molecule has 3 rings (SSSR count). The highest BCUT2D eigenvalue weighted by Gasteiger charge is 2.57. The van der Waals surface area contributed by atoms with Gasteiger partial charge in [-0.05, 0) is 30.5 Å². The lowest BCUT2D eigenvalue weighted by Crippen LogP contribution is -2.20. The van der Waals surface area contributed by atoms with Gasteiger partial charge in [-0.15, -0.1) is 0 Å². The second-order valence-electron chi connectivity index (χ2n) is 4.43. The molecule has 1 saturated carbocycles. The summed E-state index contributed by atoms with van der Waals surface area (Å²) in [4.78, 5) is 0. The third kappa shape index (κ3) is 0.786. The molecule has 74 valence electrons. The van der Waals surface area contributed by atoms with Crippen LogP contribution in [-0.2, 0) is 5.41 Å². The standard InChI is InChI=1S/C11H13FN2/c1-6-2-3-7(12)10-9(6)11(5-14-10)4-8(11)13/h2-3,8,14H,4-5,13H2,1H3. The van der Waals surface area contributed by atoms with E-state index in [0.29, 0.717) is 5.69 Å². The van der Waals surface area contributed by atoms with Gasteiger partial charge in [-0.25, -0.2) is 4.39 Å². The third-order valence-electron chi connectivity index (χ3n) is 3.58. The zero-order chi connectivity index (χ0) is 9.92. The summed E-state index contributed by atoms with van der Waals surface area (Å²) in [6.07, 6.45) is 0.983. The largest absolute Gasteiger partial charge is 0.381 e. The normalized spacial score (nSPS) is 32.9. The first-order valence-corrected chi connectivity index (χ1v) is 4.94. The first-order chi connectivity index (χ1) is 6.65. The van der Waals surface area contributed by atoms with Crippen LogP contribution in [0, 0.1) is 12.7 Å². The van der Waals surface area contributed by atoms with Gasteiger partial charge < -0.3 is 11.1 Å². The lowest BCUT2D eigenvalue weighted by molar-refractivity contribution is 0.630. The van der Waals surface area contributed by atoms with Gasteiger partial charge in [0.25, 0.3) is 0 Å². The number of nitrogens with one attached hydrogen (secondary N) is 1. The van der Waals surface area contributed by atoms with Gasteiger partial charge in [0.15, 0.2) is 0 Å². The Morgan fingerprint density at radius 2 is 2.29 bits per heavy atom. The van der Waals surface area contributed by atoms with Gasteiger partial charge in [-0.2, -0.15) is 0 Å². The van der Waals surface area contributed by atoms with Crippen LogP contribution in [0.25, 0.3) is 0 Å². The maximum atomic E-state index is 13.5. The quantitative estimate of drug-likeness (QED) is 0.654. The molecule has 3 N–H and O–H groups in total. The summed E-state index contributed by atoms with van der Waals surface area (Å²) in [5.74, 6) is -0.151. The van der Waals surface area contributed by atoms with Crippen molar-refractivity contribution >= 4 is 5.69 Å². The highest BCUT2D eigenvalue weighted by molar-refractivity contribution is 5.67. The fourth-order valence-corrected chi connectivity index (χ4v) is 2.65. The summed E-state index contributed by atoms with van der Waals surface area (Å²) in [6, 6.07) is 3.57. The van der Waals surface area contributed by atoms with Gasteiger partial charge in [-0.1, -0.05) is 6.07 Å². The maximum Gasteiger partial charge on any atom is 0.146 e. The Hall–Kier alpha value is -1.09. The molecule has 0 radical (unpaired) electrons. The summed E-state index contributed by atoms with van der Waals surface area (Å²) in [7, 11) is 0. The second-order valence-corrected chi connectivity index (χ2v) is 4.43. The summed E-state index contributed by atoms with van der Waals surface area (Å²) in [5.41, 5.74) is 8.92. The van der Waals surface area contributed by atoms with E-state index in [1.807, 2.05) is 13.0 Å². The van der Waals surface area contributed by atoms with Crippen molar-refractivity contribution in [3.8, 4) is 0 Å². The van der Waals surface area contributed by atoms with Crippen molar-refractivity contribution in [1.29, 1.82) is 0 Å². The summed E-state index contributed by atoms with van der Waals surface area (Å²) >= 11 is 0. The minimum Gasteiger partial charge on any atom is -0.381 e. The fourth-order valence-electron chi connectivity index (χ4n) is 2.65. The van der Waals surface area contributed by atoms with Crippen molar-refractivity contribution in [2.24, 2.45) is 5.73 Å². The molecule has 1 aliphatic heterocycles. The van der Waals surface area contributed by atoms with E-state index in [9.17, 15) is 4.39 Å². The van der Waals surface area contributed by atoms with Crippen molar-refractivity contribution in [2.45, 2.75) is 24.8 Å². The number of hydrogen-bond acceptors (Lipinski definition) is 2. The Bertz CT molecular complexity index is 416. The molecule has 14 heavy (non-hydrogen) atoms. The number of hydrogen-bond donors (Lipinski definition) is 2. The molecule has 2 nitrogen and oxygen atoms in total. The minimum absolute atomic E-state index is 0.0432. The van der Waals surface area contributed by atoms with Crippen LogP contribution < -0.4 is 11.1 Å². The lowest BCUT2D eigenvalue weighted by atomic mass is 9.93. The zero-order valence-corrected chi connectivity index (χ0v) is 8.10. The lowest BCUT2D eigenvalue weighted by Gasteiger charge is -2.10. The molecule has 2 unspecified atom stereocenters. The third-order valence-corrected chi connectivity index (χ3v) is 3.58. The van der Waals surface area contributed by atoms with E-state index in [-0.39, 0.29) is 17.3 Å². The molecule has 2 atom stereocenters. The Morgan fingerprint density at radius 3 is 2.93 bits per heavy atom. The molecule has 1 aliphatic carbocycles. The van der Waals surface area contributed by atoms with Gasteiger partial charge in [0, 0.05) is 18.0 Å². The predicted octanol–water partition coefficient (Wildman–Crippen LogP) is 1.53. The number of nitrogens with two attached hydrogens (primary N) is 1. The number of fused-ring (bicyclic) bond motifs is 2. The topological polar surface area (TPSA) is 38.0 Å². The van der Waals surface area contributed by atoms with Crippen LogP contribution in [0.4, 0.5) is 10.1 Å². The van der Waals surface area contributed by atoms with E-state index in [2.05, 4.69) is 5.32 Å². The van der Waals surface area contributed by atoms with Crippen molar-refractivity contribution in [3.05, 3.63) is 29.1 Å². The number of halogens is 1. The molecule has 0 saturated heterocycles. The van der Waals surface area contributed by atoms with Crippen molar-refractivity contribution in [2.75, 3.05) is 11.9 Å². The second kappa shape index (κ2) is 2.28. The van der Waals surface area contributed by atoms with Crippen LogP contribution in [0.3, 0.4) is 0 Å². The van der Waals surface area contributed by atoms with Crippen LogP contribution in [0.2, 0.25) is 0 Å². The van der Waals surface area contributed by atoms with Crippen LogP contribution in [0.5, 0.6) is 0 Å². The molecule has 0 bridgehead atoms. The highest BCUT2D eigenvalue weighted by Crippen LogP contribution is 2.54. The molecule has 1 fully saturated rings. The maximum absolute atomic E-state index is 13.5.